The van der Waals surface area contributed by atoms with Crippen LogP contribution in [0.4, 0.5) is 0 Å². The van der Waals surface area contributed by atoms with Crippen LogP contribution in [0.1, 0.15) is 16.8 Å². The predicted octanol–water partition coefficient (Wildman–Crippen LogP) is 1.67. The van der Waals surface area contributed by atoms with Gasteiger partial charge in [-0.25, -0.2) is 0 Å². The lowest BCUT2D eigenvalue weighted by Gasteiger charge is -2.16. The van der Waals surface area contributed by atoms with Gasteiger partial charge in [-0.1, -0.05) is 12.7 Å². The lowest BCUT2D eigenvalue weighted by molar-refractivity contribution is 0.0787. The van der Waals surface area contributed by atoms with Crippen molar-refractivity contribution in [3.63, 3.8) is 0 Å². The van der Waals surface area contributed by atoms with Crippen molar-refractivity contribution in [2.75, 3.05) is 26.2 Å². The fourth-order valence-corrected chi connectivity index (χ4v) is 2.24. The molecule has 1 aliphatic heterocycles. The van der Waals surface area contributed by atoms with E-state index in [4.69, 9.17) is 10.5 Å². The zero-order valence-corrected chi connectivity index (χ0v) is 11.0. The Balaban J connectivity index is 1.97. The highest BCUT2D eigenvalue weighted by molar-refractivity contribution is 5.94. The largest absolute Gasteiger partial charge is 0.490 e. The number of ether oxygens (including phenoxy) is 1. The van der Waals surface area contributed by atoms with Crippen molar-refractivity contribution in [2.24, 2.45) is 11.7 Å². The molecule has 1 aromatic rings. The predicted molar refractivity (Wildman–Crippen MR) is 75.2 cm³/mol. The second-order valence-electron chi connectivity index (χ2n) is 4.77. The highest BCUT2D eigenvalue weighted by Gasteiger charge is 2.25. The molecule has 2 rings (SSSR count). The summed E-state index contributed by atoms with van der Waals surface area (Å²) < 4.78 is 5.39. The van der Waals surface area contributed by atoms with Crippen molar-refractivity contribution in [3.8, 4) is 5.75 Å². The Morgan fingerprint density at radius 1 is 1.47 bits per heavy atom. The minimum absolute atomic E-state index is 0.0752. The Labute approximate surface area is 113 Å². The van der Waals surface area contributed by atoms with Gasteiger partial charge in [0.1, 0.15) is 12.4 Å². The molecule has 1 amide bonds. The van der Waals surface area contributed by atoms with E-state index in [9.17, 15) is 4.79 Å². The average Bonchev–Trinajstić information content (AvgIpc) is 2.94. The fourth-order valence-electron chi connectivity index (χ4n) is 2.24. The van der Waals surface area contributed by atoms with Crippen LogP contribution in [0.3, 0.4) is 0 Å². The zero-order chi connectivity index (χ0) is 13.7. The number of likely N-dealkylation sites (tertiary alicyclic amines) is 1. The van der Waals surface area contributed by atoms with E-state index in [0.29, 0.717) is 24.6 Å². The van der Waals surface area contributed by atoms with Crippen LogP contribution in [0.25, 0.3) is 0 Å². The van der Waals surface area contributed by atoms with E-state index < -0.39 is 0 Å². The Morgan fingerprint density at radius 2 is 2.21 bits per heavy atom. The highest BCUT2D eigenvalue weighted by Crippen LogP contribution is 2.19. The summed E-state index contributed by atoms with van der Waals surface area (Å²) in [4.78, 5) is 14.1. The van der Waals surface area contributed by atoms with Gasteiger partial charge in [-0.2, -0.15) is 0 Å². The van der Waals surface area contributed by atoms with E-state index in [1.165, 1.54) is 0 Å². The number of amides is 1. The molecule has 0 aliphatic carbocycles. The molecule has 102 valence electrons. The number of benzene rings is 1. The van der Waals surface area contributed by atoms with Crippen LogP contribution in [0.5, 0.6) is 5.75 Å². The quantitative estimate of drug-likeness (QED) is 0.819. The van der Waals surface area contributed by atoms with E-state index >= 15 is 0 Å². The number of rotatable bonds is 5. The molecule has 1 fully saturated rings. The summed E-state index contributed by atoms with van der Waals surface area (Å²) >= 11 is 0. The molecule has 1 saturated heterocycles. The number of hydrogen-bond acceptors (Lipinski definition) is 3. The van der Waals surface area contributed by atoms with Crippen LogP contribution >= 0.6 is 0 Å². The van der Waals surface area contributed by atoms with Gasteiger partial charge in [0.05, 0.1) is 0 Å². The summed E-state index contributed by atoms with van der Waals surface area (Å²) in [5.41, 5.74) is 6.34. The molecule has 0 bridgehead atoms. The topological polar surface area (TPSA) is 55.6 Å². The number of carbonyl (C=O) groups excluding carboxylic acids is 1. The van der Waals surface area contributed by atoms with Crippen molar-refractivity contribution in [1.82, 2.24) is 4.90 Å². The molecule has 1 aliphatic rings. The first-order valence-electron chi connectivity index (χ1n) is 6.57. The summed E-state index contributed by atoms with van der Waals surface area (Å²) in [7, 11) is 0. The van der Waals surface area contributed by atoms with Gasteiger partial charge >= 0.3 is 0 Å². The van der Waals surface area contributed by atoms with Crippen molar-refractivity contribution < 1.29 is 9.53 Å². The van der Waals surface area contributed by atoms with Gasteiger partial charge < -0.3 is 15.4 Å². The van der Waals surface area contributed by atoms with Crippen LogP contribution in [0.15, 0.2) is 36.9 Å². The number of carbonyl (C=O) groups is 1. The van der Waals surface area contributed by atoms with E-state index in [2.05, 4.69) is 6.58 Å². The second kappa shape index (κ2) is 6.38. The third kappa shape index (κ3) is 3.35. The molecule has 0 saturated carbocycles. The van der Waals surface area contributed by atoms with Crippen LogP contribution in [0.2, 0.25) is 0 Å². The van der Waals surface area contributed by atoms with Crippen LogP contribution in [0, 0.1) is 5.92 Å². The Hall–Kier alpha value is -1.81. The maximum Gasteiger partial charge on any atom is 0.253 e. The van der Waals surface area contributed by atoms with Crippen LogP contribution in [-0.4, -0.2) is 37.0 Å². The van der Waals surface area contributed by atoms with Crippen LogP contribution < -0.4 is 10.5 Å². The Morgan fingerprint density at radius 3 is 2.79 bits per heavy atom. The third-order valence-electron chi connectivity index (χ3n) is 3.38. The Bertz CT molecular complexity index is 442. The minimum Gasteiger partial charge on any atom is -0.490 e. The van der Waals surface area contributed by atoms with Gasteiger partial charge in [-0.15, -0.1) is 0 Å². The summed E-state index contributed by atoms with van der Waals surface area (Å²) in [6.07, 6.45) is 2.69. The lowest BCUT2D eigenvalue weighted by Crippen LogP contribution is -2.29. The monoisotopic (exact) mass is 260 g/mol. The smallest absolute Gasteiger partial charge is 0.253 e. The van der Waals surface area contributed by atoms with Crippen molar-refractivity contribution in [2.45, 2.75) is 6.42 Å². The summed E-state index contributed by atoms with van der Waals surface area (Å²) in [6, 6.07) is 7.23. The summed E-state index contributed by atoms with van der Waals surface area (Å²) in [5.74, 6) is 1.27. The maximum absolute atomic E-state index is 12.3. The van der Waals surface area contributed by atoms with E-state index in [-0.39, 0.29) is 5.91 Å². The second-order valence-corrected chi connectivity index (χ2v) is 4.77. The highest BCUT2D eigenvalue weighted by atomic mass is 16.5. The van der Waals surface area contributed by atoms with Gasteiger partial charge in [0.15, 0.2) is 0 Å². The molecule has 0 radical (unpaired) electrons. The fraction of sp³-hybridized carbons (Fsp3) is 0.400. The zero-order valence-electron chi connectivity index (χ0n) is 11.0. The first kappa shape index (κ1) is 13.6. The SMILES string of the molecule is C=CCOc1ccc(C(=O)N2CCC(CN)C2)cc1. The molecule has 19 heavy (non-hydrogen) atoms. The maximum atomic E-state index is 12.3. The molecule has 1 aromatic carbocycles. The van der Waals surface area contributed by atoms with Gasteiger partial charge in [0.25, 0.3) is 5.91 Å². The average molecular weight is 260 g/mol. The lowest BCUT2D eigenvalue weighted by atomic mass is 10.1. The molecule has 0 aromatic heterocycles. The standard InChI is InChI=1S/C15H20N2O2/c1-2-9-19-14-5-3-13(4-6-14)15(18)17-8-7-12(10-16)11-17/h2-6,12H,1,7-11,16H2. The summed E-state index contributed by atoms with van der Waals surface area (Å²) in [5, 5.41) is 0. The molecular formula is C15H20N2O2. The normalized spacial score (nSPS) is 18.4. The molecule has 4 nitrogen and oxygen atoms in total. The van der Waals surface area contributed by atoms with E-state index in [1.807, 2.05) is 17.0 Å². The summed E-state index contributed by atoms with van der Waals surface area (Å²) in [6.45, 7) is 6.28. The molecule has 1 atom stereocenters. The number of nitrogens with zero attached hydrogens (tertiary/aromatic N) is 1. The number of nitrogens with two attached hydrogens (primary N) is 1. The van der Waals surface area contributed by atoms with Crippen LogP contribution in [-0.2, 0) is 0 Å². The number of hydrogen-bond donors (Lipinski definition) is 1. The molecule has 0 spiro atoms. The van der Waals surface area contributed by atoms with Gasteiger partial charge in [0.2, 0.25) is 0 Å². The molecule has 2 N–H and O–H groups in total. The third-order valence-corrected chi connectivity index (χ3v) is 3.38. The minimum atomic E-state index is 0.0752. The molecule has 4 heteroatoms. The Kier molecular flexibility index (Phi) is 4.58. The molecule has 1 unspecified atom stereocenters. The molecule has 1 heterocycles. The van der Waals surface area contributed by atoms with E-state index in [1.54, 1.807) is 18.2 Å². The van der Waals surface area contributed by atoms with Crippen molar-refractivity contribution in [1.29, 1.82) is 0 Å². The van der Waals surface area contributed by atoms with Crippen molar-refractivity contribution in [3.05, 3.63) is 42.5 Å². The molecular weight excluding hydrogens is 240 g/mol. The van der Waals surface area contributed by atoms with Gasteiger partial charge in [0, 0.05) is 18.7 Å². The first-order chi connectivity index (χ1) is 9.24. The van der Waals surface area contributed by atoms with E-state index in [0.717, 1.165) is 25.3 Å². The van der Waals surface area contributed by atoms with Crippen molar-refractivity contribution >= 4 is 5.91 Å². The first-order valence-corrected chi connectivity index (χ1v) is 6.57. The van der Waals surface area contributed by atoms with Gasteiger partial charge in [-0.3, -0.25) is 4.79 Å². The van der Waals surface area contributed by atoms with Gasteiger partial charge in [-0.05, 0) is 43.1 Å².